The first-order chi connectivity index (χ1) is 8.38. The van der Waals surface area contributed by atoms with Crippen molar-refractivity contribution < 1.29 is 19.4 Å². The third-order valence-electron chi connectivity index (χ3n) is 2.12. The average Bonchev–Trinajstić information content (AvgIpc) is 2.32. The molecule has 0 aromatic carbocycles. The second-order valence-corrected chi connectivity index (χ2v) is 4.04. The van der Waals surface area contributed by atoms with Gasteiger partial charge in [0, 0.05) is 11.1 Å². The third kappa shape index (κ3) is 6.85. The van der Waals surface area contributed by atoms with Gasteiger partial charge in [0.1, 0.15) is 6.61 Å². The second kappa shape index (κ2) is 8.47. The topological polar surface area (TPSA) is 75.6 Å². The van der Waals surface area contributed by atoms with Crippen molar-refractivity contribution in [3.63, 3.8) is 0 Å². The van der Waals surface area contributed by atoms with Crippen LogP contribution in [0, 0.1) is 0 Å². The molecular formula is C13H21NO4. The number of hydrogen-bond donors (Lipinski definition) is 2. The van der Waals surface area contributed by atoms with Gasteiger partial charge in [-0.3, -0.25) is 4.79 Å². The molecule has 0 fully saturated rings. The van der Waals surface area contributed by atoms with Crippen molar-refractivity contribution in [3.8, 4) is 0 Å². The minimum atomic E-state index is -1.22. The Morgan fingerprint density at radius 3 is 2.56 bits per heavy atom. The number of aliphatic hydroxyl groups excluding tert-OH is 1. The molecule has 18 heavy (non-hydrogen) atoms. The lowest BCUT2D eigenvalue weighted by Gasteiger charge is -2.13. The third-order valence-corrected chi connectivity index (χ3v) is 2.12. The lowest BCUT2D eigenvalue weighted by molar-refractivity contribution is -0.143. The standard InChI is InChI=1S/C13H21NO4/c1-5-6-7-10(4)13(17)18-8-11(15)14-12(16)9(2)3/h7,11,15H,2,5-6,8H2,1,3-4H3,(H,14,16). The first-order valence-corrected chi connectivity index (χ1v) is 5.86. The number of nitrogens with one attached hydrogen (secondary N) is 1. The number of hydrogen-bond acceptors (Lipinski definition) is 4. The van der Waals surface area contributed by atoms with Crippen molar-refractivity contribution in [1.29, 1.82) is 0 Å². The lowest BCUT2D eigenvalue weighted by Crippen LogP contribution is -2.38. The highest BCUT2D eigenvalue weighted by molar-refractivity contribution is 5.92. The Morgan fingerprint density at radius 1 is 1.44 bits per heavy atom. The van der Waals surface area contributed by atoms with Gasteiger partial charge in [0.15, 0.2) is 6.23 Å². The molecule has 0 aromatic rings. The van der Waals surface area contributed by atoms with E-state index < -0.39 is 18.1 Å². The predicted octanol–water partition coefficient (Wildman–Crippen LogP) is 1.29. The minimum Gasteiger partial charge on any atom is -0.458 e. The zero-order valence-electron chi connectivity index (χ0n) is 11.2. The molecular weight excluding hydrogens is 234 g/mol. The van der Waals surface area contributed by atoms with Crippen LogP contribution in [0.3, 0.4) is 0 Å². The van der Waals surface area contributed by atoms with E-state index >= 15 is 0 Å². The van der Waals surface area contributed by atoms with Gasteiger partial charge < -0.3 is 15.2 Å². The maximum Gasteiger partial charge on any atom is 0.333 e. The van der Waals surface area contributed by atoms with E-state index in [0.29, 0.717) is 5.57 Å². The van der Waals surface area contributed by atoms with E-state index in [1.807, 2.05) is 6.92 Å². The SMILES string of the molecule is C=C(C)C(=O)NC(O)COC(=O)C(C)=CCCC. The normalized spacial score (nSPS) is 12.8. The van der Waals surface area contributed by atoms with Gasteiger partial charge in [-0.05, 0) is 20.3 Å². The van der Waals surface area contributed by atoms with Crippen molar-refractivity contribution in [2.75, 3.05) is 6.61 Å². The summed E-state index contributed by atoms with van der Waals surface area (Å²) < 4.78 is 4.84. The van der Waals surface area contributed by atoms with Gasteiger partial charge in [-0.25, -0.2) is 4.79 Å². The number of carbonyl (C=O) groups is 2. The van der Waals surface area contributed by atoms with E-state index in [9.17, 15) is 14.7 Å². The fourth-order valence-electron chi connectivity index (χ4n) is 1.03. The number of amides is 1. The summed E-state index contributed by atoms with van der Waals surface area (Å²) in [6.07, 6.45) is 2.30. The van der Waals surface area contributed by atoms with Gasteiger partial charge >= 0.3 is 5.97 Å². The highest BCUT2D eigenvalue weighted by Crippen LogP contribution is 2.01. The zero-order chi connectivity index (χ0) is 14.1. The number of ether oxygens (including phenoxy) is 1. The van der Waals surface area contributed by atoms with Crippen molar-refractivity contribution >= 4 is 11.9 Å². The van der Waals surface area contributed by atoms with Crippen LogP contribution in [0.25, 0.3) is 0 Å². The van der Waals surface area contributed by atoms with Crippen LogP contribution in [-0.4, -0.2) is 29.8 Å². The van der Waals surface area contributed by atoms with E-state index in [0.717, 1.165) is 12.8 Å². The van der Waals surface area contributed by atoms with Crippen LogP contribution < -0.4 is 5.32 Å². The number of esters is 1. The molecule has 1 unspecified atom stereocenters. The lowest BCUT2D eigenvalue weighted by atomic mass is 10.2. The van der Waals surface area contributed by atoms with Crippen LogP contribution >= 0.6 is 0 Å². The first-order valence-electron chi connectivity index (χ1n) is 5.86. The Kier molecular flexibility index (Phi) is 7.71. The van der Waals surface area contributed by atoms with Gasteiger partial charge in [-0.1, -0.05) is 26.0 Å². The van der Waals surface area contributed by atoms with Gasteiger partial charge in [-0.15, -0.1) is 0 Å². The summed E-state index contributed by atoms with van der Waals surface area (Å²) in [5.74, 6) is -0.969. The summed E-state index contributed by atoms with van der Waals surface area (Å²) in [6, 6.07) is 0. The van der Waals surface area contributed by atoms with Crippen LogP contribution in [-0.2, 0) is 14.3 Å². The molecule has 0 bridgehead atoms. The molecule has 0 radical (unpaired) electrons. The maximum absolute atomic E-state index is 11.4. The van der Waals surface area contributed by atoms with E-state index in [4.69, 9.17) is 4.74 Å². The molecule has 5 heteroatoms. The molecule has 0 aliphatic carbocycles. The van der Waals surface area contributed by atoms with Gasteiger partial charge in [-0.2, -0.15) is 0 Å². The summed E-state index contributed by atoms with van der Waals surface area (Å²) in [5.41, 5.74) is 0.773. The number of aliphatic hydroxyl groups is 1. The molecule has 0 saturated carbocycles. The molecule has 0 aliphatic rings. The molecule has 0 saturated heterocycles. The zero-order valence-corrected chi connectivity index (χ0v) is 11.2. The summed E-state index contributed by atoms with van der Waals surface area (Å²) in [4.78, 5) is 22.6. The molecule has 0 aliphatic heterocycles. The number of unbranched alkanes of at least 4 members (excludes halogenated alkanes) is 1. The first kappa shape index (κ1) is 16.4. The average molecular weight is 255 g/mol. The molecule has 0 heterocycles. The summed E-state index contributed by atoms with van der Waals surface area (Å²) >= 11 is 0. The van der Waals surface area contributed by atoms with Crippen molar-refractivity contribution in [3.05, 3.63) is 23.8 Å². The summed E-state index contributed by atoms with van der Waals surface area (Å²) in [7, 11) is 0. The monoisotopic (exact) mass is 255 g/mol. The Hall–Kier alpha value is -1.62. The van der Waals surface area contributed by atoms with Gasteiger partial charge in [0.25, 0.3) is 0 Å². The van der Waals surface area contributed by atoms with E-state index in [2.05, 4.69) is 11.9 Å². The van der Waals surface area contributed by atoms with E-state index in [-0.39, 0.29) is 12.2 Å². The van der Waals surface area contributed by atoms with Crippen LogP contribution in [0.5, 0.6) is 0 Å². The minimum absolute atomic E-state index is 0.277. The number of carbonyl (C=O) groups excluding carboxylic acids is 2. The summed E-state index contributed by atoms with van der Waals surface area (Å²) in [5, 5.41) is 11.6. The Balaban J connectivity index is 4.05. The van der Waals surface area contributed by atoms with Crippen molar-refractivity contribution in [2.45, 2.75) is 39.8 Å². The Labute approximate surface area is 108 Å². The molecule has 0 spiro atoms. The Bertz CT molecular complexity index is 347. The highest BCUT2D eigenvalue weighted by Gasteiger charge is 2.12. The molecule has 0 rings (SSSR count). The highest BCUT2D eigenvalue weighted by atomic mass is 16.5. The molecule has 2 N–H and O–H groups in total. The fraction of sp³-hybridized carbons (Fsp3) is 0.538. The van der Waals surface area contributed by atoms with Crippen LogP contribution in [0.2, 0.25) is 0 Å². The van der Waals surface area contributed by atoms with Crippen LogP contribution in [0.15, 0.2) is 23.8 Å². The fourth-order valence-corrected chi connectivity index (χ4v) is 1.03. The number of allylic oxidation sites excluding steroid dienone is 1. The Morgan fingerprint density at radius 2 is 2.06 bits per heavy atom. The van der Waals surface area contributed by atoms with Gasteiger partial charge in [0.2, 0.25) is 5.91 Å². The summed E-state index contributed by atoms with van der Waals surface area (Å²) in [6.45, 7) is 8.32. The quantitative estimate of drug-likeness (QED) is 0.408. The number of rotatable bonds is 7. The van der Waals surface area contributed by atoms with Crippen LogP contribution in [0.1, 0.15) is 33.6 Å². The molecule has 5 nitrogen and oxygen atoms in total. The second-order valence-electron chi connectivity index (χ2n) is 4.04. The van der Waals surface area contributed by atoms with Gasteiger partial charge in [0.05, 0.1) is 0 Å². The van der Waals surface area contributed by atoms with Crippen molar-refractivity contribution in [2.24, 2.45) is 0 Å². The van der Waals surface area contributed by atoms with Crippen LogP contribution in [0.4, 0.5) is 0 Å². The largest absolute Gasteiger partial charge is 0.458 e. The smallest absolute Gasteiger partial charge is 0.333 e. The molecule has 1 amide bonds. The van der Waals surface area contributed by atoms with E-state index in [1.165, 1.54) is 6.92 Å². The molecule has 102 valence electrons. The molecule has 1 atom stereocenters. The van der Waals surface area contributed by atoms with Crippen molar-refractivity contribution in [1.82, 2.24) is 5.32 Å². The maximum atomic E-state index is 11.4. The molecule has 0 aromatic heterocycles. The predicted molar refractivity (Wildman–Crippen MR) is 68.6 cm³/mol. The van der Waals surface area contributed by atoms with E-state index in [1.54, 1.807) is 13.0 Å².